The number of carbonyl (C=O) groups is 2. The van der Waals surface area contributed by atoms with E-state index < -0.39 is 28.5 Å². The van der Waals surface area contributed by atoms with E-state index in [2.05, 4.69) is 5.32 Å². The van der Waals surface area contributed by atoms with Crippen LogP contribution in [0.3, 0.4) is 0 Å². The summed E-state index contributed by atoms with van der Waals surface area (Å²) in [6, 6.07) is 22.3. The Morgan fingerprint density at radius 2 is 1.58 bits per heavy atom. The number of carbonyl (C=O) groups excluding carboxylic acids is 2. The lowest BCUT2D eigenvalue weighted by Crippen LogP contribution is -2.53. The number of hydrogen-bond acceptors (Lipinski definition) is 5. The molecule has 1 N–H and O–H groups in total. The summed E-state index contributed by atoms with van der Waals surface area (Å²) in [6.45, 7) is 1.80. The average Bonchev–Trinajstić information content (AvgIpc) is 2.89. The molecule has 1 atom stereocenters. The van der Waals surface area contributed by atoms with E-state index in [1.54, 1.807) is 6.92 Å². The van der Waals surface area contributed by atoms with Crippen LogP contribution >= 0.6 is 11.6 Å². The number of rotatable bonds is 12. The number of nitrogens with zero attached hydrogens (tertiary/aromatic N) is 2. The van der Waals surface area contributed by atoms with Crippen molar-refractivity contribution in [3.8, 4) is 5.75 Å². The molecule has 0 bridgehead atoms. The van der Waals surface area contributed by atoms with Crippen LogP contribution in [0.1, 0.15) is 18.1 Å². The molecule has 38 heavy (non-hydrogen) atoms. The van der Waals surface area contributed by atoms with E-state index in [9.17, 15) is 18.0 Å². The minimum absolute atomic E-state index is 0.120. The maximum Gasteiger partial charge on any atom is 0.244 e. The van der Waals surface area contributed by atoms with Crippen molar-refractivity contribution in [2.24, 2.45) is 0 Å². The molecule has 202 valence electrons. The zero-order chi connectivity index (χ0) is 27.7. The van der Waals surface area contributed by atoms with Gasteiger partial charge in [0.25, 0.3) is 0 Å². The molecule has 0 heterocycles. The second kappa shape index (κ2) is 13.3. The van der Waals surface area contributed by atoms with Crippen molar-refractivity contribution in [2.75, 3.05) is 30.8 Å². The van der Waals surface area contributed by atoms with Crippen molar-refractivity contribution in [2.45, 2.75) is 25.9 Å². The number of ether oxygens (including phenoxy) is 1. The summed E-state index contributed by atoms with van der Waals surface area (Å²) >= 11 is 6.25. The molecule has 0 aliphatic rings. The van der Waals surface area contributed by atoms with Gasteiger partial charge >= 0.3 is 0 Å². The summed E-state index contributed by atoms with van der Waals surface area (Å²) in [7, 11) is -2.43. The molecule has 0 aliphatic carbocycles. The highest BCUT2D eigenvalue weighted by Gasteiger charge is 2.33. The van der Waals surface area contributed by atoms with Crippen LogP contribution in [0.4, 0.5) is 5.69 Å². The lowest BCUT2D eigenvalue weighted by molar-refractivity contribution is -0.140. The van der Waals surface area contributed by atoms with Crippen molar-refractivity contribution in [1.29, 1.82) is 0 Å². The molecule has 3 aromatic carbocycles. The Hall–Kier alpha value is -3.56. The highest BCUT2D eigenvalue weighted by atomic mass is 35.5. The molecule has 2 amide bonds. The van der Waals surface area contributed by atoms with Crippen LogP contribution in [0.25, 0.3) is 0 Å². The summed E-state index contributed by atoms with van der Waals surface area (Å²) in [4.78, 5) is 28.6. The molecule has 0 saturated heterocycles. The number of amides is 2. The lowest BCUT2D eigenvalue weighted by Gasteiger charge is -2.33. The van der Waals surface area contributed by atoms with E-state index in [0.717, 1.165) is 21.7 Å². The van der Waals surface area contributed by atoms with Crippen LogP contribution in [0.2, 0.25) is 5.02 Å². The van der Waals surface area contributed by atoms with Gasteiger partial charge in [-0.05, 0) is 36.2 Å². The first-order valence-electron chi connectivity index (χ1n) is 12.1. The second-order valence-corrected chi connectivity index (χ2v) is 11.0. The fourth-order valence-electron chi connectivity index (χ4n) is 4.05. The first-order chi connectivity index (χ1) is 18.1. The van der Waals surface area contributed by atoms with E-state index in [0.29, 0.717) is 12.3 Å². The third-order valence-electron chi connectivity index (χ3n) is 5.92. The Kier molecular flexibility index (Phi) is 10.2. The average molecular weight is 558 g/mol. The SMILES string of the molecule is CCNC(=O)C(Cc1ccccc1)N(Cc1ccccc1)C(=O)CN(c1ccc(OC)c(Cl)c1)S(C)(=O)=O. The fourth-order valence-corrected chi connectivity index (χ4v) is 5.14. The van der Waals surface area contributed by atoms with Gasteiger partial charge < -0.3 is 15.0 Å². The molecular formula is C28H32ClN3O5S. The third kappa shape index (κ3) is 7.72. The van der Waals surface area contributed by atoms with Crippen LogP contribution in [0.5, 0.6) is 5.75 Å². The first kappa shape index (κ1) is 29.0. The van der Waals surface area contributed by atoms with Gasteiger partial charge in [-0.25, -0.2) is 8.42 Å². The Labute approximate surface area is 229 Å². The van der Waals surface area contributed by atoms with Crippen LogP contribution < -0.4 is 14.4 Å². The van der Waals surface area contributed by atoms with Gasteiger partial charge in [-0.2, -0.15) is 0 Å². The molecular weight excluding hydrogens is 526 g/mol. The normalized spacial score (nSPS) is 11.9. The first-order valence-corrected chi connectivity index (χ1v) is 14.3. The third-order valence-corrected chi connectivity index (χ3v) is 7.36. The quantitative estimate of drug-likeness (QED) is 0.364. The Morgan fingerprint density at radius 3 is 2.11 bits per heavy atom. The van der Waals surface area contributed by atoms with Gasteiger partial charge in [-0.1, -0.05) is 72.3 Å². The van der Waals surface area contributed by atoms with E-state index in [1.807, 2.05) is 60.7 Å². The van der Waals surface area contributed by atoms with Crippen molar-refractivity contribution in [1.82, 2.24) is 10.2 Å². The Bertz CT molecular complexity index is 1340. The van der Waals surface area contributed by atoms with Gasteiger partial charge in [0.15, 0.2) is 0 Å². The molecule has 3 aromatic rings. The zero-order valence-electron chi connectivity index (χ0n) is 21.6. The minimum atomic E-state index is -3.88. The minimum Gasteiger partial charge on any atom is -0.495 e. The van der Waals surface area contributed by atoms with Gasteiger partial charge in [-0.3, -0.25) is 13.9 Å². The highest BCUT2D eigenvalue weighted by molar-refractivity contribution is 7.92. The van der Waals surface area contributed by atoms with Gasteiger partial charge in [0.05, 0.1) is 24.1 Å². The number of hydrogen-bond donors (Lipinski definition) is 1. The molecule has 1 unspecified atom stereocenters. The summed E-state index contributed by atoms with van der Waals surface area (Å²) in [5.41, 5.74) is 1.89. The van der Waals surface area contributed by atoms with Crippen molar-refractivity contribution in [3.05, 3.63) is 95.0 Å². The zero-order valence-corrected chi connectivity index (χ0v) is 23.2. The Balaban J connectivity index is 2.03. The number of sulfonamides is 1. The van der Waals surface area contributed by atoms with Gasteiger partial charge in [0.1, 0.15) is 18.3 Å². The van der Waals surface area contributed by atoms with Gasteiger partial charge in [-0.15, -0.1) is 0 Å². The smallest absolute Gasteiger partial charge is 0.244 e. The maximum absolute atomic E-state index is 13.9. The van der Waals surface area contributed by atoms with Gasteiger partial charge in [0, 0.05) is 19.5 Å². The molecule has 0 fully saturated rings. The lowest BCUT2D eigenvalue weighted by atomic mass is 10.0. The Morgan fingerprint density at radius 1 is 0.974 bits per heavy atom. The largest absolute Gasteiger partial charge is 0.495 e. The molecule has 10 heteroatoms. The predicted molar refractivity (Wildman–Crippen MR) is 150 cm³/mol. The molecule has 0 radical (unpaired) electrons. The van der Waals surface area contributed by atoms with Crippen LogP contribution in [-0.4, -0.2) is 57.6 Å². The standard InChI is InChI=1S/C28H32ClN3O5S/c1-4-30-28(34)25(17-21-11-7-5-8-12-21)31(19-22-13-9-6-10-14-22)27(33)20-32(38(3,35)36)23-15-16-26(37-2)24(29)18-23/h5-16,18,25H,4,17,19-20H2,1-3H3,(H,30,34). The van der Waals surface area contributed by atoms with Crippen LogP contribution in [-0.2, 0) is 32.6 Å². The number of anilines is 1. The van der Waals surface area contributed by atoms with E-state index in [-0.39, 0.29) is 29.6 Å². The second-order valence-electron chi connectivity index (χ2n) is 8.70. The van der Waals surface area contributed by atoms with Crippen LogP contribution in [0, 0.1) is 0 Å². The highest BCUT2D eigenvalue weighted by Crippen LogP contribution is 2.30. The van der Waals surface area contributed by atoms with Crippen molar-refractivity contribution >= 4 is 39.1 Å². The number of methoxy groups -OCH3 is 1. The maximum atomic E-state index is 13.9. The number of benzene rings is 3. The fraction of sp³-hybridized carbons (Fsp3) is 0.286. The molecule has 0 saturated carbocycles. The van der Waals surface area contributed by atoms with E-state index in [1.165, 1.54) is 30.2 Å². The monoisotopic (exact) mass is 557 g/mol. The van der Waals surface area contributed by atoms with E-state index in [4.69, 9.17) is 16.3 Å². The number of halogens is 1. The van der Waals surface area contributed by atoms with Gasteiger partial charge in [0.2, 0.25) is 21.8 Å². The van der Waals surface area contributed by atoms with Crippen molar-refractivity contribution < 1.29 is 22.7 Å². The summed E-state index contributed by atoms with van der Waals surface area (Å²) < 4.78 is 31.8. The summed E-state index contributed by atoms with van der Waals surface area (Å²) in [6.07, 6.45) is 1.28. The topological polar surface area (TPSA) is 96.0 Å². The number of likely N-dealkylation sites (N-methyl/N-ethyl adjacent to an activating group) is 1. The van der Waals surface area contributed by atoms with E-state index >= 15 is 0 Å². The van der Waals surface area contributed by atoms with Crippen molar-refractivity contribution in [3.63, 3.8) is 0 Å². The predicted octanol–water partition coefficient (Wildman–Crippen LogP) is 3.89. The molecule has 8 nitrogen and oxygen atoms in total. The molecule has 3 rings (SSSR count). The molecule has 0 aliphatic heterocycles. The number of nitrogens with one attached hydrogen (secondary N) is 1. The molecule has 0 spiro atoms. The van der Waals surface area contributed by atoms with Crippen LogP contribution in [0.15, 0.2) is 78.9 Å². The summed E-state index contributed by atoms with van der Waals surface area (Å²) in [5.74, 6) is -0.475. The summed E-state index contributed by atoms with van der Waals surface area (Å²) in [5, 5.41) is 3.03. The molecule has 0 aromatic heterocycles.